The predicted molar refractivity (Wildman–Crippen MR) is 99.0 cm³/mol. The van der Waals surface area contributed by atoms with E-state index < -0.39 is 0 Å². The normalized spacial score (nSPS) is 10.3. The number of hydrogen-bond donors (Lipinski definition) is 3. The number of aromatic nitrogens is 1. The van der Waals surface area contributed by atoms with Gasteiger partial charge in [0.2, 0.25) is 0 Å². The summed E-state index contributed by atoms with van der Waals surface area (Å²) in [4.78, 5) is 16.4. The zero-order chi connectivity index (χ0) is 17.6. The van der Waals surface area contributed by atoms with Crippen molar-refractivity contribution in [1.82, 2.24) is 4.98 Å². The van der Waals surface area contributed by atoms with E-state index in [1.54, 1.807) is 30.6 Å². The molecular weight excluding hydrogens is 314 g/mol. The zero-order valence-corrected chi connectivity index (χ0v) is 13.9. The third-order valence-corrected chi connectivity index (χ3v) is 3.85. The number of carbonyl (C=O) groups is 1. The molecule has 0 aliphatic carbocycles. The lowest BCUT2D eigenvalue weighted by Crippen LogP contribution is -2.13. The molecule has 1 amide bonds. The smallest absolute Gasteiger partial charge is 0.255 e. The number of anilines is 3. The van der Waals surface area contributed by atoms with Gasteiger partial charge in [-0.3, -0.25) is 9.78 Å². The van der Waals surface area contributed by atoms with Crippen LogP contribution in [0, 0.1) is 6.92 Å². The molecule has 2 aromatic carbocycles. The Labute approximate surface area is 146 Å². The highest BCUT2D eigenvalue weighted by Gasteiger charge is 2.08. The molecule has 0 fully saturated rings. The molecule has 0 radical (unpaired) electrons. The molecule has 126 valence electrons. The Morgan fingerprint density at radius 3 is 2.36 bits per heavy atom. The quantitative estimate of drug-likeness (QED) is 0.662. The fourth-order valence-corrected chi connectivity index (χ4v) is 2.40. The van der Waals surface area contributed by atoms with Crippen molar-refractivity contribution < 1.29 is 9.90 Å². The van der Waals surface area contributed by atoms with E-state index in [0.29, 0.717) is 11.3 Å². The van der Waals surface area contributed by atoms with Crippen LogP contribution >= 0.6 is 0 Å². The van der Waals surface area contributed by atoms with Gasteiger partial charge in [-0.15, -0.1) is 0 Å². The van der Waals surface area contributed by atoms with Crippen molar-refractivity contribution in [2.75, 3.05) is 10.6 Å². The van der Waals surface area contributed by atoms with Crippen LogP contribution in [-0.4, -0.2) is 16.0 Å². The molecule has 1 aromatic heterocycles. The second-order valence-electron chi connectivity index (χ2n) is 5.70. The molecule has 25 heavy (non-hydrogen) atoms. The first-order valence-corrected chi connectivity index (χ1v) is 7.94. The molecule has 3 rings (SSSR count). The fraction of sp³-hybridized carbons (Fsp3) is 0.100. The van der Waals surface area contributed by atoms with Gasteiger partial charge in [0.05, 0.1) is 6.61 Å². The highest BCUT2D eigenvalue weighted by Crippen LogP contribution is 2.20. The molecule has 3 aromatic rings. The summed E-state index contributed by atoms with van der Waals surface area (Å²) in [5.41, 5.74) is 4.80. The molecule has 0 saturated heterocycles. The fourth-order valence-electron chi connectivity index (χ4n) is 2.40. The van der Waals surface area contributed by atoms with Crippen LogP contribution in [0.1, 0.15) is 21.5 Å². The number of rotatable bonds is 5. The molecule has 0 aliphatic rings. The van der Waals surface area contributed by atoms with Crippen molar-refractivity contribution in [3.8, 4) is 0 Å². The first kappa shape index (κ1) is 16.7. The van der Waals surface area contributed by atoms with Crippen molar-refractivity contribution >= 4 is 23.0 Å². The minimum atomic E-state index is -0.186. The minimum Gasteiger partial charge on any atom is -0.392 e. The molecule has 0 saturated carbocycles. The molecule has 0 unspecified atom stereocenters. The summed E-state index contributed by atoms with van der Waals surface area (Å²) in [6.07, 6.45) is 3.43. The van der Waals surface area contributed by atoms with Gasteiger partial charge < -0.3 is 15.7 Å². The number of carbonyl (C=O) groups excluding carboxylic acids is 1. The topological polar surface area (TPSA) is 74.2 Å². The van der Waals surface area contributed by atoms with E-state index in [2.05, 4.69) is 15.6 Å². The van der Waals surface area contributed by atoms with Crippen LogP contribution in [-0.2, 0) is 6.61 Å². The SMILES string of the molecule is Cc1ccc(CO)cc1NC(=O)c1ccc(Nc2ccncc2)cc1. The number of nitrogens with one attached hydrogen (secondary N) is 2. The van der Waals surface area contributed by atoms with Crippen molar-refractivity contribution in [1.29, 1.82) is 0 Å². The third-order valence-electron chi connectivity index (χ3n) is 3.85. The Hall–Kier alpha value is -3.18. The van der Waals surface area contributed by atoms with E-state index in [0.717, 1.165) is 22.5 Å². The second-order valence-corrected chi connectivity index (χ2v) is 5.70. The molecule has 5 heteroatoms. The van der Waals surface area contributed by atoms with E-state index in [9.17, 15) is 9.90 Å². The highest BCUT2D eigenvalue weighted by atomic mass is 16.3. The summed E-state index contributed by atoms with van der Waals surface area (Å²) in [5.74, 6) is -0.186. The standard InChI is InChI=1S/C20H19N3O2/c1-14-2-3-15(13-24)12-19(14)23-20(25)16-4-6-17(7-5-16)22-18-8-10-21-11-9-18/h2-12,24H,13H2,1H3,(H,21,22)(H,23,25). The number of amides is 1. The van der Waals surface area contributed by atoms with Gasteiger partial charge in [-0.2, -0.15) is 0 Å². The summed E-state index contributed by atoms with van der Waals surface area (Å²) in [5, 5.41) is 15.4. The predicted octanol–water partition coefficient (Wildman–Crippen LogP) is 3.88. The van der Waals surface area contributed by atoms with Crippen molar-refractivity contribution in [2.45, 2.75) is 13.5 Å². The van der Waals surface area contributed by atoms with E-state index in [-0.39, 0.29) is 12.5 Å². The van der Waals surface area contributed by atoms with Gasteiger partial charge in [0.1, 0.15) is 0 Å². The monoisotopic (exact) mass is 333 g/mol. The second kappa shape index (κ2) is 7.59. The summed E-state index contributed by atoms with van der Waals surface area (Å²) in [6.45, 7) is 1.86. The number of nitrogens with zero attached hydrogens (tertiary/aromatic N) is 1. The third kappa shape index (κ3) is 4.22. The molecule has 0 bridgehead atoms. The van der Waals surface area contributed by atoms with Crippen LogP contribution < -0.4 is 10.6 Å². The van der Waals surface area contributed by atoms with Gasteiger partial charge in [0.15, 0.2) is 0 Å². The number of pyridine rings is 1. The molecule has 0 atom stereocenters. The lowest BCUT2D eigenvalue weighted by atomic mass is 10.1. The largest absolute Gasteiger partial charge is 0.392 e. The number of aliphatic hydroxyl groups is 1. The Morgan fingerprint density at radius 2 is 1.68 bits per heavy atom. The summed E-state index contributed by atoms with van der Waals surface area (Å²) in [7, 11) is 0. The lowest BCUT2D eigenvalue weighted by Gasteiger charge is -2.11. The maximum atomic E-state index is 12.4. The van der Waals surface area contributed by atoms with Crippen LogP contribution in [0.3, 0.4) is 0 Å². The zero-order valence-electron chi connectivity index (χ0n) is 13.9. The van der Waals surface area contributed by atoms with Crippen molar-refractivity contribution in [3.63, 3.8) is 0 Å². The number of aliphatic hydroxyl groups excluding tert-OH is 1. The lowest BCUT2D eigenvalue weighted by molar-refractivity contribution is 0.102. The van der Waals surface area contributed by atoms with Gasteiger partial charge in [-0.25, -0.2) is 0 Å². The Morgan fingerprint density at radius 1 is 1.00 bits per heavy atom. The van der Waals surface area contributed by atoms with Gasteiger partial charge in [0.25, 0.3) is 5.91 Å². The van der Waals surface area contributed by atoms with Crippen LogP contribution in [0.2, 0.25) is 0 Å². The molecular formula is C20H19N3O2. The molecule has 0 aliphatic heterocycles. The van der Waals surface area contributed by atoms with Gasteiger partial charge >= 0.3 is 0 Å². The average molecular weight is 333 g/mol. The Bertz CT molecular complexity index is 862. The molecule has 0 spiro atoms. The van der Waals surface area contributed by atoms with Crippen LogP contribution in [0.25, 0.3) is 0 Å². The van der Waals surface area contributed by atoms with E-state index in [1.807, 2.05) is 43.3 Å². The molecule has 5 nitrogen and oxygen atoms in total. The van der Waals surface area contributed by atoms with Crippen LogP contribution in [0.15, 0.2) is 67.0 Å². The van der Waals surface area contributed by atoms with E-state index >= 15 is 0 Å². The Balaban J connectivity index is 1.71. The highest BCUT2D eigenvalue weighted by molar-refractivity contribution is 6.04. The molecule has 3 N–H and O–H groups in total. The van der Waals surface area contributed by atoms with E-state index in [4.69, 9.17) is 0 Å². The first-order valence-electron chi connectivity index (χ1n) is 7.94. The number of benzene rings is 2. The van der Waals surface area contributed by atoms with Crippen molar-refractivity contribution in [2.24, 2.45) is 0 Å². The number of aryl methyl sites for hydroxylation is 1. The van der Waals surface area contributed by atoms with Gasteiger partial charge in [-0.05, 0) is 60.5 Å². The van der Waals surface area contributed by atoms with Gasteiger partial charge in [0, 0.05) is 35.0 Å². The average Bonchev–Trinajstić information content (AvgIpc) is 2.65. The van der Waals surface area contributed by atoms with Crippen molar-refractivity contribution in [3.05, 3.63) is 83.7 Å². The minimum absolute atomic E-state index is 0.0570. The first-order chi connectivity index (χ1) is 12.2. The van der Waals surface area contributed by atoms with E-state index in [1.165, 1.54) is 0 Å². The summed E-state index contributed by atoms with van der Waals surface area (Å²) in [6, 6.07) is 16.5. The molecule has 1 heterocycles. The Kier molecular flexibility index (Phi) is 5.06. The summed E-state index contributed by atoms with van der Waals surface area (Å²) >= 11 is 0. The van der Waals surface area contributed by atoms with Crippen LogP contribution in [0.4, 0.5) is 17.1 Å². The van der Waals surface area contributed by atoms with Gasteiger partial charge in [-0.1, -0.05) is 12.1 Å². The number of hydrogen-bond acceptors (Lipinski definition) is 4. The van der Waals surface area contributed by atoms with Crippen LogP contribution in [0.5, 0.6) is 0 Å². The maximum Gasteiger partial charge on any atom is 0.255 e. The maximum absolute atomic E-state index is 12.4. The summed E-state index contributed by atoms with van der Waals surface area (Å²) < 4.78 is 0.